The molecule has 2 aliphatic heterocycles. The summed E-state index contributed by atoms with van der Waals surface area (Å²) in [6.07, 6.45) is 2.53. The summed E-state index contributed by atoms with van der Waals surface area (Å²) >= 11 is 6.69. The van der Waals surface area contributed by atoms with Crippen LogP contribution < -0.4 is 0 Å². The van der Waals surface area contributed by atoms with Crippen molar-refractivity contribution in [3.63, 3.8) is 0 Å². The van der Waals surface area contributed by atoms with Gasteiger partial charge in [0.2, 0.25) is 0 Å². The third-order valence-electron chi connectivity index (χ3n) is 7.55. The minimum atomic E-state index is -1.26. The van der Waals surface area contributed by atoms with Gasteiger partial charge in [0.15, 0.2) is 5.06 Å². The molecule has 0 radical (unpaired) electrons. The van der Waals surface area contributed by atoms with E-state index in [1.165, 1.54) is 0 Å². The number of hydrogen-bond donors (Lipinski definition) is 2. The fourth-order valence-electron chi connectivity index (χ4n) is 4.81. The average molecular weight is 508 g/mol. The molecule has 194 valence electrons. The number of aliphatic hydroxyl groups excluding tert-OH is 2. The molecule has 0 bridgehead atoms. The highest BCUT2D eigenvalue weighted by Gasteiger charge is 2.55. The van der Waals surface area contributed by atoms with E-state index in [2.05, 4.69) is 4.98 Å². The summed E-state index contributed by atoms with van der Waals surface area (Å²) in [5.74, 6) is -1.73. The molecule has 2 aliphatic rings. The highest BCUT2D eigenvalue weighted by Crippen LogP contribution is 2.48. The van der Waals surface area contributed by atoms with E-state index in [0.29, 0.717) is 19.3 Å². The molecule has 35 heavy (non-hydrogen) atoms. The van der Waals surface area contributed by atoms with E-state index in [0.717, 1.165) is 17.7 Å². The van der Waals surface area contributed by atoms with E-state index in [1.807, 2.05) is 38.1 Å². The zero-order chi connectivity index (χ0) is 26.0. The molecule has 2 unspecified atom stereocenters. The molecular formula is C27H38ClNO6. The van der Waals surface area contributed by atoms with E-state index in [4.69, 9.17) is 21.1 Å². The number of epoxide rings is 1. The van der Waals surface area contributed by atoms with E-state index in [-0.39, 0.29) is 24.2 Å². The Labute approximate surface area is 212 Å². The maximum atomic E-state index is 13.2. The van der Waals surface area contributed by atoms with Crippen LogP contribution in [0.1, 0.15) is 72.4 Å². The molecular weight excluding hydrogens is 470 g/mol. The lowest BCUT2D eigenvalue weighted by Gasteiger charge is -2.34. The number of ether oxygens (including phenoxy) is 2. The topological polar surface area (TPSA) is 109 Å². The van der Waals surface area contributed by atoms with Crippen LogP contribution in [-0.4, -0.2) is 56.4 Å². The van der Waals surface area contributed by atoms with Crippen LogP contribution in [0, 0.1) is 17.3 Å². The first-order chi connectivity index (χ1) is 16.3. The fourth-order valence-corrected chi connectivity index (χ4v) is 5.14. The first-order valence-electron chi connectivity index (χ1n) is 12.4. The predicted octanol–water partition coefficient (Wildman–Crippen LogP) is 4.28. The second kappa shape index (κ2) is 11.1. The second-order valence-electron chi connectivity index (χ2n) is 10.7. The number of ketones is 1. The maximum absolute atomic E-state index is 13.2. The summed E-state index contributed by atoms with van der Waals surface area (Å²) in [4.78, 5) is 30.4. The molecule has 2 fully saturated rings. The minimum Gasteiger partial charge on any atom is -0.458 e. The third-order valence-corrected chi connectivity index (χ3v) is 8.07. The van der Waals surface area contributed by atoms with E-state index in [9.17, 15) is 19.8 Å². The zero-order valence-electron chi connectivity index (χ0n) is 21.2. The number of halogens is 1. The van der Waals surface area contributed by atoms with Crippen LogP contribution in [0.3, 0.4) is 0 Å². The van der Waals surface area contributed by atoms with Crippen molar-refractivity contribution in [2.24, 2.45) is 17.3 Å². The zero-order valence-corrected chi connectivity index (χ0v) is 22.0. The molecule has 0 aromatic carbocycles. The van der Waals surface area contributed by atoms with Crippen molar-refractivity contribution < 1.29 is 29.3 Å². The number of aliphatic hydroxyl groups is 2. The fraction of sp³-hybridized carbons (Fsp3) is 0.667. The summed E-state index contributed by atoms with van der Waals surface area (Å²) in [5.41, 5.74) is 0.285. The summed E-state index contributed by atoms with van der Waals surface area (Å²) in [7, 11) is 0. The van der Waals surface area contributed by atoms with Crippen molar-refractivity contribution in [1.29, 1.82) is 0 Å². The molecule has 0 spiro atoms. The molecule has 7 atom stereocenters. The van der Waals surface area contributed by atoms with Gasteiger partial charge in [0.05, 0.1) is 29.7 Å². The summed E-state index contributed by atoms with van der Waals surface area (Å²) < 4.78 is 11.6. The van der Waals surface area contributed by atoms with Crippen molar-refractivity contribution in [3.8, 4) is 0 Å². The number of cyclic esters (lactones) is 1. The van der Waals surface area contributed by atoms with Gasteiger partial charge in [0.25, 0.3) is 0 Å². The highest BCUT2D eigenvalue weighted by atomic mass is 35.5. The van der Waals surface area contributed by atoms with Crippen LogP contribution in [0.15, 0.2) is 30.0 Å². The number of carbonyl (C=O) groups excluding carboxylic acids is 2. The molecule has 1 aromatic heterocycles. The minimum absolute atomic E-state index is 0.131. The SMILES string of the molecule is C/C(=C\c1ccccn1)[C@@H]1CC2OC2(Cl)CCC[C@H](C)[C@H](O)[C@@H](C)C(=O)C(C)(C)[C@@H](O)CC(=O)O1. The lowest BCUT2D eigenvalue weighted by atomic mass is 9.73. The van der Waals surface area contributed by atoms with E-state index in [1.54, 1.807) is 27.0 Å². The van der Waals surface area contributed by atoms with Gasteiger partial charge in [-0.25, -0.2) is 0 Å². The normalized spacial score (nSPS) is 37.3. The van der Waals surface area contributed by atoms with Gasteiger partial charge in [0, 0.05) is 18.5 Å². The standard InChI is InChI=1S/C27H38ClNO6/c1-16-9-8-11-27(28)22(35-27)14-20(17(2)13-19-10-6-7-12-29-19)34-23(31)15-21(30)26(4,5)25(33)18(3)24(16)32/h6-7,10,12-13,16,18,20-22,24,30,32H,8-9,11,14-15H2,1-5H3/b17-13+/t16-,18+,20-,21-,22?,24-,27?/m0/s1. The van der Waals surface area contributed by atoms with E-state index >= 15 is 0 Å². The monoisotopic (exact) mass is 507 g/mol. The van der Waals surface area contributed by atoms with Gasteiger partial charge >= 0.3 is 5.97 Å². The first kappa shape index (κ1) is 27.8. The number of alkyl halides is 1. The number of carbonyl (C=O) groups is 2. The Morgan fingerprint density at radius 3 is 2.60 bits per heavy atom. The van der Waals surface area contributed by atoms with Crippen molar-refractivity contribution in [2.75, 3.05) is 0 Å². The Morgan fingerprint density at radius 2 is 1.94 bits per heavy atom. The van der Waals surface area contributed by atoms with Crippen molar-refractivity contribution >= 4 is 29.4 Å². The quantitative estimate of drug-likeness (QED) is 0.349. The molecule has 0 aliphatic carbocycles. The highest BCUT2D eigenvalue weighted by molar-refractivity contribution is 6.25. The largest absolute Gasteiger partial charge is 0.458 e. The number of rotatable bonds is 2. The molecule has 0 saturated carbocycles. The molecule has 2 saturated heterocycles. The second-order valence-corrected chi connectivity index (χ2v) is 11.3. The number of nitrogens with zero attached hydrogens (tertiary/aromatic N) is 1. The molecule has 2 N–H and O–H groups in total. The van der Waals surface area contributed by atoms with Gasteiger partial charge in [-0.15, -0.1) is 0 Å². The number of fused-ring (bicyclic) bond motifs is 1. The maximum Gasteiger partial charge on any atom is 0.309 e. The van der Waals surface area contributed by atoms with E-state index < -0.39 is 40.7 Å². The lowest BCUT2D eigenvalue weighted by molar-refractivity contribution is -0.154. The Bertz CT molecular complexity index is 935. The number of Topliss-reactive ketones (excluding diaryl/α,β-unsaturated/α-hetero) is 1. The summed E-state index contributed by atoms with van der Waals surface area (Å²) in [6, 6.07) is 5.55. The van der Waals surface area contributed by atoms with Gasteiger partial charge in [-0.1, -0.05) is 45.4 Å². The Kier molecular flexibility index (Phi) is 8.79. The number of aromatic nitrogens is 1. The first-order valence-corrected chi connectivity index (χ1v) is 12.8. The predicted molar refractivity (Wildman–Crippen MR) is 133 cm³/mol. The molecule has 1 aromatic rings. The Hall–Kier alpha value is -1.80. The number of esters is 1. The molecule has 8 heteroatoms. The van der Waals surface area contributed by atoms with Crippen LogP contribution in [0.5, 0.6) is 0 Å². The van der Waals surface area contributed by atoms with Gasteiger partial charge in [-0.3, -0.25) is 14.6 Å². The average Bonchev–Trinajstić information content (AvgIpc) is 3.45. The molecule has 0 amide bonds. The van der Waals surface area contributed by atoms with Gasteiger partial charge in [0.1, 0.15) is 18.0 Å². The third kappa shape index (κ3) is 6.70. The molecule has 7 nitrogen and oxygen atoms in total. The number of pyridine rings is 1. The summed E-state index contributed by atoms with van der Waals surface area (Å²) in [5, 5.41) is 20.8. The van der Waals surface area contributed by atoms with Crippen LogP contribution in [0.25, 0.3) is 6.08 Å². The van der Waals surface area contributed by atoms with Crippen molar-refractivity contribution in [3.05, 3.63) is 35.7 Å². The van der Waals surface area contributed by atoms with Gasteiger partial charge < -0.3 is 19.7 Å². The van der Waals surface area contributed by atoms with Crippen LogP contribution in [-0.2, 0) is 19.1 Å². The lowest BCUT2D eigenvalue weighted by Crippen LogP contribution is -2.45. The Balaban J connectivity index is 1.86. The molecule has 3 heterocycles. The van der Waals surface area contributed by atoms with Gasteiger partial charge in [-0.2, -0.15) is 0 Å². The summed E-state index contributed by atoms with van der Waals surface area (Å²) in [6.45, 7) is 8.65. The van der Waals surface area contributed by atoms with Crippen LogP contribution in [0.4, 0.5) is 0 Å². The smallest absolute Gasteiger partial charge is 0.309 e. The number of hydrogen-bond acceptors (Lipinski definition) is 7. The van der Waals surface area contributed by atoms with Crippen molar-refractivity contribution in [1.82, 2.24) is 4.98 Å². The Morgan fingerprint density at radius 1 is 1.23 bits per heavy atom. The molecule has 3 rings (SSSR count). The van der Waals surface area contributed by atoms with Crippen LogP contribution >= 0.6 is 11.6 Å². The van der Waals surface area contributed by atoms with Gasteiger partial charge in [-0.05, 0) is 55.9 Å². The van der Waals surface area contributed by atoms with Crippen LogP contribution in [0.2, 0.25) is 0 Å². The van der Waals surface area contributed by atoms with Crippen molar-refractivity contribution in [2.45, 2.75) is 96.2 Å².